The van der Waals surface area contributed by atoms with Gasteiger partial charge in [-0.3, -0.25) is 4.90 Å². The van der Waals surface area contributed by atoms with Crippen molar-refractivity contribution >= 4 is 6.03 Å². The van der Waals surface area contributed by atoms with Gasteiger partial charge in [0.25, 0.3) is 0 Å². The lowest BCUT2D eigenvalue weighted by atomic mass is 10.6. The van der Waals surface area contributed by atoms with Gasteiger partial charge < -0.3 is 19.1 Å². The van der Waals surface area contributed by atoms with Gasteiger partial charge in [-0.25, -0.2) is 4.79 Å². The fourth-order valence-corrected chi connectivity index (χ4v) is 1.10. The monoisotopic (exact) mass is 220 g/mol. The molecule has 6 nitrogen and oxygen atoms in total. The molecule has 2 amide bonds. The van der Waals surface area contributed by atoms with Crippen LogP contribution >= 0.6 is 0 Å². The van der Waals surface area contributed by atoms with Crippen LogP contribution in [-0.2, 0) is 14.2 Å². The molecule has 0 aromatic rings. The van der Waals surface area contributed by atoms with Crippen LogP contribution in [0.2, 0.25) is 0 Å². The van der Waals surface area contributed by atoms with Gasteiger partial charge in [0.15, 0.2) is 0 Å². The summed E-state index contributed by atoms with van der Waals surface area (Å²) in [5.74, 6) is 0. The first-order valence-electron chi connectivity index (χ1n) is 4.71. The summed E-state index contributed by atoms with van der Waals surface area (Å²) in [4.78, 5) is 14.9. The van der Waals surface area contributed by atoms with Crippen LogP contribution in [0.3, 0.4) is 0 Å². The SMILES string of the molecule is CCN(COC)C(=O)N(COC)COC. The van der Waals surface area contributed by atoms with Gasteiger partial charge in [0.05, 0.1) is 0 Å². The molecule has 0 radical (unpaired) electrons. The van der Waals surface area contributed by atoms with Crippen LogP contribution in [0.5, 0.6) is 0 Å². The highest BCUT2D eigenvalue weighted by molar-refractivity contribution is 5.74. The molecule has 0 aromatic heterocycles. The van der Waals surface area contributed by atoms with Gasteiger partial charge in [-0.1, -0.05) is 0 Å². The maximum Gasteiger partial charge on any atom is 0.325 e. The lowest BCUT2D eigenvalue weighted by Gasteiger charge is -2.28. The summed E-state index contributed by atoms with van der Waals surface area (Å²) in [5.41, 5.74) is 0. The Kier molecular flexibility index (Phi) is 7.98. The van der Waals surface area contributed by atoms with E-state index in [1.165, 1.54) is 19.1 Å². The second kappa shape index (κ2) is 8.46. The largest absolute Gasteiger partial charge is 0.364 e. The van der Waals surface area contributed by atoms with E-state index in [1.54, 1.807) is 12.0 Å². The highest BCUT2D eigenvalue weighted by Gasteiger charge is 2.18. The van der Waals surface area contributed by atoms with Gasteiger partial charge >= 0.3 is 6.03 Å². The molecule has 90 valence electrons. The molecular formula is C9H20N2O4. The Morgan fingerprint density at radius 3 is 1.67 bits per heavy atom. The third kappa shape index (κ3) is 4.96. The number of rotatable bonds is 7. The van der Waals surface area contributed by atoms with E-state index >= 15 is 0 Å². The molecule has 0 unspecified atom stereocenters. The number of amides is 2. The summed E-state index contributed by atoms with van der Waals surface area (Å²) in [7, 11) is 4.61. The number of carbonyl (C=O) groups is 1. The Bertz CT molecular complexity index is 171. The van der Waals surface area contributed by atoms with E-state index in [1.807, 2.05) is 6.92 Å². The van der Waals surface area contributed by atoms with Crippen molar-refractivity contribution in [2.24, 2.45) is 0 Å². The lowest BCUT2D eigenvalue weighted by molar-refractivity contribution is -0.00962. The molecule has 0 heterocycles. The predicted molar refractivity (Wildman–Crippen MR) is 55.2 cm³/mol. The summed E-state index contributed by atoms with van der Waals surface area (Å²) < 4.78 is 14.7. The standard InChI is InChI=1S/C9H20N2O4/c1-5-10(6-13-2)9(12)11(7-14-3)8-15-4/h5-8H2,1-4H3. The minimum absolute atomic E-state index is 0.164. The molecular weight excluding hydrogens is 200 g/mol. The van der Waals surface area contributed by atoms with E-state index in [9.17, 15) is 4.79 Å². The molecule has 0 saturated heterocycles. The third-order valence-corrected chi connectivity index (χ3v) is 1.78. The first-order valence-corrected chi connectivity index (χ1v) is 4.71. The van der Waals surface area contributed by atoms with Crippen LogP contribution in [0.1, 0.15) is 6.92 Å². The van der Waals surface area contributed by atoms with E-state index in [-0.39, 0.29) is 26.2 Å². The Labute approximate surface area is 90.7 Å². The zero-order valence-corrected chi connectivity index (χ0v) is 9.86. The maximum atomic E-state index is 11.9. The fraction of sp³-hybridized carbons (Fsp3) is 0.889. The Hall–Kier alpha value is -0.850. The van der Waals surface area contributed by atoms with E-state index in [0.29, 0.717) is 6.54 Å². The molecule has 0 atom stereocenters. The Morgan fingerprint density at radius 2 is 1.33 bits per heavy atom. The second-order valence-electron chi connectivity index (χ2n) is 2.93. The average molecular weight is 220 g/mol. The quantitative estimate of drug-likeness (QED) is 0.588. The number of hydrogen-bond acceptors (Lipinski definition) is 4. The molecule has 0 aliphatic carbocycles. The zero-order chi connectivity index (χ0) is 11.7. The van der Waals surface area contributed by atoms with Crippen molar-refractivity contribution in [1.29, 1.82) is 0 Å². The van der Waals surface area contributed by atoms with E-state index in [0.717, 1.165) is 0 Å². The van der Waals surface area contributed by atoms with E-state index in [2.05, 4.69) is 0 Å². The molecule has 0 spiro atoms. The average Bonchev–Trinajstić information content (AvgIpc) is 2.24. The number of ether oxygens (including phenoxy) is 3. The smallest absolute Gasteiger partial charge is 0.325 e. The molecule has 15 heavy (non-hydrogen) atoms. The lowest BCUT2D eigenvalue weighted by Crippen LogP contribution is -2.45. The minimum Gasteiger partial charge on any atom is -0.364 e. The molecule has 0 saturated carbocycles. The number of methoxy groups -OCH3 is 3. The summed E-state index contributed by atoms with van der Waals surface area (Å²) in [5, 5.41) is 0. The van der Waals surface area contributed by atoms with Crippen molar-refractivity contribution in [3.8, 4) is 0 Å². The molecule has 0 bridgehead atoms. The summed E-state index contributed by atoms with van der Waals surface area (Å²) in [6.45, 7) is 3.13. The molecule has 0 aliphatic rings. The number of nitrogens with zero attached hydrogens (tertiary/aromatic N) is 2. The van der Waals surface area contributed by atoms with Crippen molar-refractivity contribution in [2.75, 3.05) is 48.1 Å². The molecule has 0 N–H and O–H groups in total. The first kappa shape index (κ1) is 14.2. The van der Waals surface area contributed by atoms with Crippen molar-refractivity contribution < 1.29 is 19.0 Å². The summed E-state index contributed by atoms with van der Waals surface area (Å²) in [6, 6.07) is -0.164. The maximum absolute atomic E-state index is 11.9. The van der Waals surface area contributed by atoms with Gasteiger partial charge in [0, 0.05) is 27.9 Å². The molecule has 0 aliphatic heterocycles. The predicted octanol–water partition coefficient (Wildman–Crippen LogP) is 0.542. The summed E-state index contributed by atoms with van der Waals surface area (Å²) in [6.07, 6.45) is 0. The van der Waals surface area contributed by atoms with Crippen molar-refractivity contribution in [3.05, 3.63) is 0 Å². The van der Waals surface area contributed by atoms with Crippen LogP contribution in [0.15, 0.2) is 0 Å². The molecule has 0 rings (SSSR count). The van der Waals surface area contributed by atoms with Crippen LogP contribution < -0.4 is 0 Å². The second-order valence-corrected chi connectivity index (χ2v) is 2.93. The van der Waals surface area contributed by atoms with Crippen molar-refractivity contribution in [3.63, 3.8) is 0 Å². The highest BCUT2D eigenvalue weighted by Crippen LogP contribution is 1.99. The van der Waals surface area contributed by atoms with Crippen molar-refractivity contribution in [1.82, 2.24) is 9.80 Å². The van der Waals surface area contributed by atoms with Gasteiger partial charge in [-0.05, 0) is 6.92 Å². The van der Waals surface area contributed by atoms with E-state index < -0.39 is 0 Å². The van der Waals surface area contributed by atoms with E-state index in [4.69, 9.17) is 14.2 Å². The van der Waals surface area contributed by atoms with Crippen LogP contribution in [-0.4, -0.2) is 63.9 Å². The topological polar surface area (TPSA) is 51.2 Å². The number of hydrogen-bond donors (Lipinski definition) is 0. The number of urea groups is 1. The van der Waals surface area contributed by atoms with Gasteiger partial charge in [0.2, 0.25) is 0 Å². The molecule has 6 heteroatoms. The Morgan fingerprint density at radius 1 is 0.933 bits per heavy atom. The minimum atomic E-state index is -0.164. The van der Waals surface area contributed by atoms with Crippen LogP contribution in [0, 0.1) is 0 Å². The van der Waals surface area contributed by atoms with Gasteiger partial charge in [0.1, 0.15) is 20.2 Å². The van der Waals surface area contributed by atoms with Crippen LogP contribution in [0.25, 0.3) is 0 Å². The third-order valence-electron chi connectivity index (χ3n) is 1.78. The molecule has 0 aromatic carbocycles. The van der Waals surface area contributed by atoms with Crippen LogP contribution in [0.4, 0.5) is 4.79 Å². The first-order chi connectivity index (χ1) is 7.21. The normalized spacial score (nSPS) is 10.1. The summed E-state index contributed by atoms with van der Waals surface area (Å²) >= 11 is 0. The van der Waals surface area contributed by atoms with Gasteiger partial charge in [-0.2, -0.15) is 0 Å². The van der Waals surface area contributed by atoms with Gasteiger partial charge in [-0.15, -0.1) is 0 Å². The Balaban J connectivity index is 4.29. The van der Waals surface area contributed by atoms with Crippen molar-refractivity contribution in [2.45, 2.75) is 6.92 Å². The fourth-order valence-electron chi connectivity index (χ4n) is 1.10. The number of carbonyl (C=O) groups excluding carboxylic acids is 1. The highest BCUT2D eigenvalue weighted by atomic mass is 16.5. The molecule has 0 fully saturated rings. The zero-order valence-electron chi connectivity index (χ0n) is 9.86.